The third kappa shape index (κ3) is 3.89. The number of benzene rings is 1. The summed E-state index contributed by atoms with van der Waals surface area (Å²) in [6, 6.07) is 5.27. The van der Waals surface area contributed by atoms with Crippen molar-refractivity contribution in [3.63, 3.8) is 0 Å². The topological polar surface area (TPSA) is 32.7 Å². The minimum atomic E-state index is -4.41. The highest BCUT2D eigenvalue weighted by Gasteiger charge is 2.34. The maximum atomic E-state index is 12.8. The molecule has 3 nitrogen and oxygen atoms in total. The first kappa shape index (κ1) is 14.8. The summed E-state index contributed by atoms with van der Waals surface area (Å²) >= 11 is 0. The molecule has 0 spiro atoms. The highest BCUT2D eigenvalue weighted by atomic mass is 19.4. The molecule has 0 radical (unpaired) electrons. The Kier molecular flexibility index (Phi) is 4.98. The molecule has 1 aromatic carbocycles. The minimum Gasteiger partial charge on any atom is -0.389 e. The van der Waals surface area contributed by atoms with Crippen LogP contribution in [0.15, 0.2) is 24.3 Å². The lowest BCUT2D eigenvalue weighted by Gasteiger charge is -2.25. The number of nitrogens with zero attached hydrogens (tertiary/aromatic N) is 1. The van der Waals surface area contributed by atoms with Crippen molar-refractivity contribution in [3.8, 4) is 0 Å². The summed E-state index contributed by atoms with van der Waals surface area (Å²) in [5.41, 5.74) is -0.669. The van der Waals surface area contributed by atoms with Gasteiger partial charge in [-0.3, -0.25) is 0 Å². The van der Waals surface area contributed by atoms with E-state index < -0.39 is 17.8 Å². The van der Waals surface area contributed by atoms with Crippen LogP contribution in [0.4, 0.5) is 18.9 Å². The molecule has 0 saturated heterocycles. The number of likely N-dealkylation sites (N-methyl/N-ethyl adjacent to an activating group) is 1. The van der Waals surface area contributed by atoms with Gasteiger partial charge in [-0.05, 0) is 12.1 Å². The first-order valence-corrected chi connectivity index (χ1v) is 5.40. The van der Waals surface area contributed by atoms with Gasteiger partial charge in [-0.15, -0.1) is 0 Å². The Hall–Kier alpha value is -1.27. The van der Waals surface area contributed by atoms with E-state index >= 15 is 0 Å². The number of hydrogen-bond donors (Lipinski definition) is 1. The number of hydrogen-bond acceptors (Lipinski definition) is 3. The predicted octanol–water partition coefficient (Wildman–Crippen LogP) is 2.15. The molecule has 0 saturated carbocycles. The zero-order chi connectivity index (χ0) is 13.8. The SMILES string of the molecule is COCC(O)CN(C)c1ccccc1C(F)(F)F. The fourth-order valence-electron chi connectivity index (χ4n) is 1.71. The first-order chi connectivity index (χ1) is 8.36. The molecule has 1 aromatic rings. The molecule has 0 amide bonds. The maximum absolute atomic E-state index is 12.8. The summed E-state index contributed by atoms with van der Waals surface area (Å²) in [5.74, 6) is 0. The zero-order valence-corrected chi connectivity index (χ0v) is 10.2. The van der Waals surface area contributed by atoms with Crippen molar-refractivity contribution in [1.82, 2.24) is 0 Å². The third-order valence-corrected chi connectivity index (χ3v) is 2.46. The van der Waals surface area contributed by atoms with Gasteiger partial charge in [-0.1, -0.05) is 12.1 Å². The Labute approximate surface area is 104 Å². The van der Waals surface area contributed by atoms with Gasteiger partial charge in [0.05, 0.1) is 18.3 Å². The molecule has 1 rings (SSSR count). The molecule has 6 heteroatoms. The molecule has 102 valence electrons. The van der Waals surface area contributed by atoms with Crippen LogP contribution in [0.3, 0.4) is 0 Å². The Morgan fingerprint density at radius 3 is 2.50 bits per heavy atom. The van der Waals surface area contributed by atoms with Crippen LogP contribution < -0.4 is 4.90 Å². The van der Waals surface area contributed by atoms with E-state index in [1.165, 1.54) is 37.3 Å². The predicted molar refractivity (Wildman–Crippen MR) is 62.6 cm³/mol. The van der Waals surface area contributed by atoms with E-state index in [-0.39, 0.29) is 18.8 Å². The number of para-hydroxylation sites is 1. The van der Waals surface area contributed by atoms with Gasteiger partial charge < -0.3 is 14.7 Å². The van der Waals surface area contributed by atoms with Gasteiger partial charge in [0.25, 0.3) is 0 Å². The molecule has 1 atom stereocenters. The van der Waals surface area contributed by atoms with Gasteiger partial charge in [0.15, 0.2) is 0 Å². The average Bonchev–Trinajstić information content (AvgIpc) is 2.28. The zero-order valence-electron chi connectivity index (χ0n) is 10.2. The summed E-state index contributed by atoms with van der Waals surface area (Å²) in [6.45, 7) is 0.152. The highest BCUT2D eigenvalue weighted by Crippen LogP contribution is 2.35. The van der Waals surface area contributed by atoms with Crippen molar-refractivity contribution in [2.45, 2.75) is 12.3 Å². The quantitative estimate of drug-likeness (QED) is 0.883. The van der Waals surface area contributed by atoms with Crippen molar-refractivity contribution in [2.75, 3.05) is 32.2 Å². The van der Waals surface area contributed by atoms with Crippen molar-refractivity contribution in [2.24, 2.45) is 0 Å². The molecule has 0 aliphatic rings. The Bertz CT molecular complexity index is 382. The molecule has 0 aliphatic carbocycles. The molecule has 0 aliphatic heterocycles. The molecule has 0 heterocycles. The fourth-order valence-corrected chi connectivity index (χ4v) is 1.71. The number of rotatable bonds is 5. The van der Waals surface area contributed by atoms with Gasteiger partial charge in [0.2, 0.25) is 0 Å². The van der Waals surface area contributed by atoms with Crippen LogP contribution >= 0.6 is 0 Å². The second-order valence-corrected chi connectivity index (χ2v) is 4.00. The minimum absolute atomic E-state index is 0.0418. The van der Waals surface area contributed by atoms with Crippen molar-refractivity contribution < 1.29 is 23.0 Å². The molecule has 18 heavy (non-hydrogen) atoms. The largest absolute Gasteiger partial charge is 0.418 e. The smallest absolute Gasteiger partial charge is 0.389 e. The molecule has 0 aromatic heterocycles. The van der Waals surface area contributed by atoms with Crippen LogP contribution in [0.2, 0.25) is 0 Å². The van der Waals surface area contributed by atoms with Crippen LogP contribution in [0.25, 0.3) is 0 Å². The summed E-state index contributed by atoms with van der Waals surface area (Å²) in [4.78, 5) is 1.37. The lowest BCUT2D eigenvalue weighted by atomic mass is 10.1. The Balaban J connectivity index is 2.89. The summed E-state index contributed by atoms with van der Waals surface area (Å²) in [6.07, 6.45) is -5.24. The van der Waals surface area contributed by atoms with Gasteiger partial charge in [-0.25, -0.2) is 0 Å². The van der Waals surface area contributed by atoms with Gasteiger partial charge in [-0.2, -0.15) is 13.2 Å². The number of aliphatic hydroxyl groups excluding tert-OH is 1. The maximum Gasteiger partial charge on any atom is 0.418 e. The average molecular weight is 263 g/mol. The van der Waals surface area contributed by atoms with Crippen LogP contribution in [0.1, 0.15) is 5.56 Å². The molecule has 1 N–H and O–H groups in total. The Morgan fingerprint density at radius 1 is 1.33 bits per heavy atom. The first-order valence-electron chi connectivity index (χ1n) is 5.40. The highest BCUT2D eigenvalue weighted by molar-refractivity contribution is 5.54. The summed E-state index contributed by atoms with van der Waals surface area (Å²) in [7, 11) is 2.93. The number of methoxy groups -OCH3 is 1. The second-order valence-electron chi connectivity index (χ2n) is 4.00. The van der Waals surface area contributed by atoms with Crippen LogP contribution in [0.5, 0.6) is 0 Å². The van der Waals surface area contributed by atoms with Crippen LogP contribution in [-0.4, -0.2) is 38.5 Å². The van der Waals surface area contributed by atoms with E-state index in [1.807, 2.05) is 0 Å². The van der Waals surface area contributed by atoms with Crippen molar-refractivity contribution >= 4 is 5.69 Å². The van der Waals surface area contributed by atoms with Gasteiger partial charge >= 0.3 is 6.18 Å². The van der Waals surface area contributed by atoms with Crippen molar-refractivity contribution in [1.29, 1.82) is 0 Å². The fraction of sp³-hybridized carbons (Fsp3) is 0.500. The standard InChI is InChI=1S/C12H16F3NO2/c1-16(7-9(17)8-18-2)11-6-4-3-5-10(11)12(13,14)15/h3-6,9,17H,7-8H2,1-2H3. The summed E-state index contributed by atoms with van der Waals surface area (Å²) in [5, 5.41) is 9.53. The van der Waals surface area contributed by atoms with Crippen LogP contribution in [0, 0.1) is 0 Å². The normalized spacial score (nSPS) is 13.4. The number of ether oxygens (including phenoxy) is 1. The lowest BCUT2D eigenvalue weighted by Crippen LogP contribution is -2.33. The van der Waals surface area contributed by atoms with Crippen LogP contribution in [-0.2, 0) is 10.9 Å². The number of anilines is 1. The lowest BCUT2D eigenvalue weighted by molar-refractivity contribution is -0.137. The van der Waals surface area contributed by atoms with E-state index in [4.69, 9.17) is 4.74 Å². The monoisotopic (exact) mass is 263 g/mol. The van der Waals surface area contributed by atoms with E-state index in [1.54, 1.807) is 0 Å². The third-order valence-electron chi connectivity index (χ3n) is 2.46. The molecule has 0 fully saturated rings. The number of halogens is 3. The molecular weight excluding hydrogens is 247 g/mol. The number of alkyl halides is 3. The number of aliphatic hydroxyl groups is 1. The molecule has 1 unspecified atom stereocenters. The summed E-state index contributed by atoms with van der Waals surface area (Å²) < 4.78 is 43.1. The van der Waals surface area contributed by atoms with E-state index in [9.17, 15) is 18.3 Å². The van der Waals surface area contributed by atoms with E-state index in [0.29, 0.717) is 0 Å². The Morgan fingerprint density at radius 2 is 1.94 bits per heavy atom. The van der Waals surface area contributed by atoms with Gasteiger partial charge in [0, 0.05) is 26.4 Å². The van der Waals surface area contributed by atoms with E-state index in [2.05, 4.69) is 0 Å². The van der Waals surface area contributed by atoms with E-state index in [0.717, 1.165) is 6.07 Å². The molecular formula is C12H16F3NO2. The van der Waals surface area contributed by atoms with Gasteiger partial charge in [0.1, 0.15) is 0 Å². The molecule has 0 bridgehead atoms. The second kappa shape index (κ2) is 6.06. The van der Waals surface area contributed by atoms with Crippen molar-refractivity contribution in [3.05, 3.63) is 29.8 Å².